The first-order valence-electron chi connectivity index (χ1n) is 16.1. The Morgan fingerprint density at radius 2 is 1.73 bits per heavy atom. The highest BCUT2D eigenvalue weighted by molar-refractivity contribution is 6.72. The van der Waals surface area contributed by atoms with Gasteiger partial charge in [0.1, 0.15) is 24.7 Å². The van der Waals surface area contributed by atoms with Crippen LogP contribution in [0.2, 0.25) is 15.1 Å². The number of carbonyl (C=O) groups is 2. The molecular formula is C37H37Cl3N6O5. The summed E-state index contributed by atoms with van der Waals surface area (Å²) >= 11 is 19.0. The van der Waals surface area contributed by atoms with E-state index in [0.29, 0.717) is 31.1 Å². The molecule has 0 fully saturated rings. The number of aliphatic hydroxyl groups excluding tert-OH is 1. The molecule has 0 aliphatic carbocycles. The van der Waals surface area contributed by atoms with Crippen LogP contribution in [0.15, 0.2) is 82.9 Å². The van der Waals surface area contributed by atoms with E-state index >= 15 is 0 Å². The van der Waals surface area contributed by atoms with E-state index in [1.54, 1.807) is 30.3 Å². The number of halogens is 3. The molecule has 1 aliphatic rings. The summed E-state index contributed by atoms with van der Waals surface area (Å²) in [6.07, 6.45) is 0. The molecule has 14 heteroatoms. The minimum Gasteiger partial charge on any atom is -0.491 e. The lowest BCUT2D eigenvalue weighted by molar-refractivity contribution is -0.112. The molecule has 3 N–H and O–H groups in total. The van der Waals surface area contributed by atoms with Crippen molar-refractivity contribution in [1.82, 2.24) is 5.32 Å². The second-order valence-electron chi connectivity index (χ2n) is 11.6. The molecule has 266 valence electrons. The molecule has 1 heterocycles. The highest BCUT2D eigenvalue weighted by atomic mass is 35.5. The Labute approximate surface area is 311 Å². The summed E-state index contributed by atoms with van der Waals surface area (Å²) in [6, 6.07) is 21.0. The number of likely N-dealkylation sites (N-methyl/N-ethyl adjacent to an activating group) is 1. The van der Waals surface area contributed by atoms with Gasteiger partial charge >= 0.3 is 5.91 Å². The lowest BCUT2D eigenvalue weighted by Crippen LogP contribution is -2.37. The predicted octanol–water partition coefficient (Wildman–Crippen LogP) is 7.68. The molecular weight excluding hydrogens is 715 g/mol. The number of anilines is 3. The number of hydrogen-bond acceptors (Lipinski definition) is 9. The van der Waals surface area contributed by atoms with Crippen molar-refractivity contribution in [3.8, 4) is 5.75 Å². The van der Waals surface area contributed by atoms with Crippen LogP contribution in [0.5, 0.6) is 5.75 Å². The van der Waals surface area contributed by atoms with E-state index in [0.717, 1.165) is 33.1 Å². The normalized spacial score (nSPS) is 13.4. The standard InChI is InChI=1S/C37H37Cl3N6O5/c1-5-45(13-14-47)28-10-11-31(23(3)18-28)41-33-35(43-46(37(33)49)34-29(39)20-26(38)21-30(34)40)42-36(48)25-7-6-8-27(19-25)44-51-16-15-50-32-12-9-22(2)17-24(32)4/h6-12,17-21,44,47H,5,13-16H2,1-4H3,(H,42,43,48). The van der Waals surface area contributed by atoms with Crippen LogP contribution in [0.3, 0.4) is 0 Å². The first-order chi connectivity index (χ1) is 24.5. The Bertz CT molecular complexity index is 1980. The van der Waals surface area contributed by atoms with Gasteiger partial charge in [-0.15, -0.1) is 5.10 Å². The summed E-state index contributed by atoms with van der Waals surface area (Å²) in [6.45, 7) is 9.57. The molecule has 0 aromatic heterocycles. The second kappa shape index (κ2) is 17.0. The number of aryl methyl sites for hydroxylation is 3. The Morgan fingerprint density at radius 1 is 0.961 bits per heavy atom. The van der Waals surface area contributed by atoms with E-state index in [-0.39, 0.29) is 51.1 Å². The lowest BCUT2D eigenvalue weighted by Gasteiger charge is -2.22. The Kier molecular flexibility index (Phi) is 12.6. The molecule has 0 radical (unpaired) electrons. The van der Waals surface area contributed by atoms with E-state index in [9.17, 15) is 14.7 Å². The van der Waals surface area contributed by atoms with Gasteiger partial charge < -0.3 is 20.1 Å². The lowest BCUT2D eigenvalue weighted by atomic mass is 10.1. The Morgan fingerprint density at radius 3 is 2.41 bits per heavy atom. The number of nitrogens with zero attached hydrogens (tertiary/aromatic N) is 4. The van der Waals surface area contributed by atoms with Gasteiger partial charge in [0.2, 0.25) is 0 Å². The van der Waals surface area contributed by atoms with Gasteiger partial charge in [0.25, 0.3) is 5.91 Å². The maximum atomic E-state index is 13.9. The largest absolute Gasteiger partial charge is 0.491 e. The highest BCUT2D eigenvalue weighted by Gasteiger charge is 2.37. The molecule has 51 heavy (non-hydrogen) atoms. The van der Waals surface area contributed by atoms with Gasteiger partial charge in [-0.3, -0.25) is 19.9 Å². The van der Waals surface area contributed by atoms with Gasteiger partial charge in [-0.1, -0.05) is 58.6 Å². The average Bonchev–Trinajstić information content (AvgIpc) is 3.38. The molecule has 0 bridgehead atoms. The number of aliphatic hydroxyl groups is 1. The molecule has 2 amide bonds. The zero-order valence-corrected chi connectivity index (χ0v) is 30.7. The summed E-state index contributed by atoms with van der Waals surface area (Å²) < 4.78 is 5.81. The number of aliphatic imine (C=N–C) groups is 1. The third-order valence-electron chi connectivity index (χ3n) is 7.86. The molecule has 1 aliphatic heterocycles. The third kappa shape index (κ3) is 9.18. The maximum absolute atomic E-state index is 13.9. The summed E-state index contributed by atoms with van der Waals surface area (Å²) in [5.41, 5.74) is 7.89. The molecule has 5 rings (SSSR count). The summed E-state index contributed by atoms with van der Waals surface area (Å²) in [5.74, 6) is -0.543. The monoisotopic (exact) mass is 750 g/mol. The Balaban J connectivity index is 1.36. The van der Waals surface area contributed by atoms with E-state index < -0.39 is 11.8 Å². The summed E-state index contributed by atoms with van der Waals surface area (Å²) in [5, 5.41) is 18.0. The van der Waals surface area contributed by atoms with Crippen molar-refractivity contribution in [2.24, 2.45) is 10.1 Å². The molecule has 4 aromatic carbocycles. The van der Waals surface area contributed by atoms with Crippen molar-refractivity contribution < 1.29 is 24.3 Å². The van der Waals surface area contributed by atoms with Crippen LogP contribution in [-0.2, 0) is 9.63 Å². The van der Waals surface area contributed by atoms with Crippen LogP contribution >= 0.6 is 34.8 Å². The first-order valence-corrected chi connectivity index (χ1v) is 17.2. The van der Waals surface area contributed by atoms with Crippen molar-refractivity contribution in [2.75, 3.05) is 48.3 Å². The number of benzene rings is 4. The van der Waals surface area contributed by atoms with Crippen LogP contribution in [0.1, 0.15) is 34.0 Å². The zero-order valence-electron chi connectivity index (χ0n) is 28.5. The summed E-state index contributed by atoms with van der Waals surface area (Å²) in [7, 11) is 0. The van der Waals surface area contributed by atoms with Crippen molar-refractivity contribution in [3.63, 3.8) is 0 Å². The minimum absolute atomic E-state index is 0.00580. The number of hydrazone groups is 1. The minimum atomic E-state index is -0.665. The fourth-order valence-electron chi connectivity index (χ4n) is 5.33. The Hall–Kier alpha value is -4.65. The van der Waals surface area contributed by atoms with Crippen LogP contribution < -0.4 is 25.4 Å². The van der Waals surface area contributed by atoms with E-state index in [4.69, 9.17) is 44.4 Å². The van der Waals surface area contributed by atoms with E-state index in [2.05, 4.69) is 20.9 Å². The number of amides is 2. The van der Waals surface area contributed by atoms with Crippen molar-refractivity contribution in [2.45, 2.75) is 27.7 Å². The summed E-state index contributed by atoms with van der Waals surface area (Å²) in [4.78, 5) is 39.7. The van der Waals surface area contributed by atoms with E-state index in [1.165, 1.54) is 12.1 Å². The number of rotatable bonds is 13. The second-order valence-corrected chi connectivity index (χ2v) is 12.9. The number of hydrogen-bond donors (Lipinski definition) is 3. The highest BCUT2D eigenvalue weighted by Crippen LogP contribution is 2.38. The van der Waals surface area contributed by atoms with Gasteiger partial charge in [-0.05, 0) is 93.4 Å². The number of amidine groups is 1. The van der Waals surface area contributed by atoms with Gasteiger partial charge in [-0.2, -0.15) is 5.01 Å². The maximum Gasteiger partial charge on any atom is 0.301 e. The molecule has 0 atom stereocenters. The molecule has 0 spiro atoms. The molecule has 4 aromatic rings. The average molecular weight is 752 g/mol. The molecule has 0 saturated heterocycles. The molecule has 0 unspecified atom stereocenters. The van der Waals surface area contributed by atoms with Gasteiger partial charge in [-0.25, -0.2) is 4.99 Å². The van der Waals surface area contributed by atoms with Crippen LogP contribution in [-0.4, -0.2) is 61.4 Å². The van der Waals surface area contributed by atoms with Crippen molar-refractivity contribution >= 4 is 80.9 Å². The number of carbonyl (C=O) groups excluding carboxylic acids is 2. The SMILES string of the molecule is CCN(CCO)c1ccc(N=C2C(=O)N(c3c(Cl)cc(Cl)cc3Cl)N=C2NC(=O)c2cccc(NOCCOc3ccc(C)cc3C)c2)c(C)c1. The van der Waals surface area contributed by atoms with Crippen molar-refractivity contribution in [1.29, 1.82) is 0 Å². The molecule has 0 saturated carbocycles. The van der Waals surface area contributed by atoms with Gasteiger partial charge in [0, 0.05) is 29.4 Å². The zero-order chi connectivity index (χ0) is 36.7. The first kappa shape index (κ1) is 37.6. The number of nitrogens with one attached hydrogen (secondary N) is 2. The van der Waals surface area contributed by atoms with Gasteiger partial charge in [0.15, 0.2) is 11.5 Å². The smallest absolute Gasteiger partial charge is 0.301 e. The van der Waals surface area contributed by atoms with Crippen LogP contribution in [0.4, 0.5) is 22.7 Å². The van der Waals surface area contributed by atoms with E-state index in [1.807, 2.05) is 62.9 Å². The van der Waals surface area contributed by atoms with Crippen LogP contribution in [0.25, 0.3) is 0 Å². The van der Waals surface area contributed by atoms with Crippen LogP contribution in [0, 0.1) is 20.8 Å². The quantitative estimate of drug-likeness (QED) is 0.0945. The van der Waals surface area contributed by atoms with Crippen molar-refractivity contribution in [3.05, 3.63) is 110 Å². The van der Waals surface area contributed by atoms with Gasteiger partial charge in [0.05, 0.1) is 28.0 Å². The fraction of sp³-hybridized carbons (Fsp3) is 0.243. The predicted molar refractivity (Wildman–Crippen MR) is 205 cm³/mol. The topological polar surface area (TPSA) is 128 Å². The molecule has 11 nitrogen and oxygen atoms in total. The third-order valence-corrected chi connectivity index (χ3v) is 8.66. The fourth-order valence-corrected chi connectivity index (χ4v) is 6.31. The number of ether oxygens (including phenoxy) is 1.